The zero-order valence-corrected chi connectivity index (χ0v) is 16.3. The van der Waals surface area contributed by atoms with Crippen LogP contribution >= 0.6 is 0 Å². The Kier molecular flexibility index (Phi) is 6.69. The van der Waals surface area contributed by atoms with Crippen molar-refractivity contribution in [3.05, 3.63) is 24.2 Å². The molecule has 0 amide bonds. The van der Waals surface area contributed by atoms with E-state index in [9.17, 15) is 0 Å². The number of hydrogen-bond donors (Lipinski definition) is 1. The van der Waals surface area contributed by atoms with E-state index in [2.05, 4.69) is 10.2 Å². The number of guanidine groups is 1. The van der Waals surface area contributed by atoms with Gasteiger partial charge in [0.25, 0.3) is 0 Å². The third-order valence-corrected chi connectivity index (χ3v) is 5.97. The largest absolute Gasteiger partial charge is 0.469 e. The van der Waals surface area contributed by atoms with Crippen molar-refractivity contribution in [1.82, 2.24) is 10.2 Å². The molecule has 3 aliphatic heterocycles. The van der Waals surface area contributed by atoms with E-state index in [1.54, 1.807) is 6.26 Å². The molecule has 0 aromatic carbocycles. The van der Waals surface area contributed by atoms with E-state index in [0.717, 1.165) is 70.4 Å². The molecule has 150 valence electrons. The van der Waals surface area contributed by atoms with Crippen LogP contribution in [0.15, 0.2) is 27.8 Å². The summed E-state index contributed by atoms with van der Waals surface area (Å²) in [6.45, 7) is 5.46. The Labute approximate surface area is 162 Å². The molecule has 1 N–H and O–H groups in total. The van der Waals surface area contributed by atoms with Gasteiger partial charge in [0.15, 0.2) is 5.96 Å². The summed E-state index contributed by atoms with van der Waals surface area (Å²) in [6, 6.07) is 3.97. The maximum atomic E-state index is 5.98. The number of fused-ring (bicyclic) bond motifs is 1. The molecule has 3 saturated heterocycles. The van der Waals surface area contributed by atoms with Gasteiger partial charge < -0.3 is 24.1 Å². The van der Waals surface area contributed by atoms with Crippen molar-refractivity contribution in [3.63, 3.8) is 0 Å². The molecule has 0 bridgehead atoms. The van der Waals surface area contributed by atoms with Crippen molar-refractivity contribution >= 4 is 5.96 Å². The first-order valence-corrected chi connectivity index (χ1v) is 10.7. The minimum Gasteiger partial charge on any atom is -0.469 e. The molecular weight excluding hydrogens is 342 g/mol. The summed E-state index contributed by atoms with van der Waals surface area (Å²) in [5, 5.41) is 3.58. The Morgan fingerprint density at radius 1 is 1.15 bits per heavy atom. The highest BCUT2D eigenvalue weighted by molar-refractivity contribution is 5.80. The number of piperidine rings is 1. The molecule has 1 aromatic rings. The summed E-state index contributed by atoms with van der Waals surface area (Å²) in [4.78, 5) is 7.39. The van der Waals surface area contributed by atoms with Crippen LogP contribution in [0.25, 0.3) is 0 Å². The van der Waals surface area contributed by atoms with E-state index in [0.29, 0.717) is 12.0 Å². The highest BCUT2D eigenvalue weighted by Gasteiger charge is 2.33. The van der Waals surface area contributed by atoms with Crippen LogP contribution in [0.5, 0.6) is 0 Å². The molecule has 0 spiro atoms. The average molecular weight is 376 g/mol. The molecule has 0 aliphatic carbocycles. The lowest BCUT2D eigenvalue weighted by Crippen LogP contribution is -2.52. The van der Waals surface area contributed by atoms with Gasteiger partial charge >= 0.3 is 0 Å². The zero-order chi connectivity index (χ0) is 18.3. The van der Waals surface area contributed by atoms with Crippen molar-refractivity contribution < 1.29 is 13.9 Å². The first-order chi connectivity index (χ1) is 13.4. The molecule has 6 nitrogen and oxygen atoms in total. The molecule has 4 heterocycles. The Morgan fingerprint density at radius 2 is 2.11 bits per heavy atom. The van der Waals surface area contributed by atoms with Crippen LogP contribution in [0.4, 0.5) is 0 Å². The number of nitrogens with one attached hydrogen (secondary N) is 1. The highest BCUT2D eigenvalue weighted by atomic mass is 16.5. The van der Waals surface area contributed by atoms with Gasteiger partial charge in [-0.25, -0.2) is 0 Å². The van der Waals surface area contributed by atoms with Crippen molar-refractivity contribution in [2.24, 2.45) is 10.9 Å². The maximum absolute atomic E-state index is 5.98. The summed E-state index contributed by atoms with van der Waals surface area (Å²) < 4.78 is 17.3. The predicted octanol–water partition coefficient (Wildman–Crippen LogP) is 2.84. The van der Waals surface area contributed by atoms with Crippen LogP contribution in [0.3, 0.4) is 0 Å². The Balaban J connectivity index is 1.36. The lowest BCUT2D eigenvalue weighted by Gasteiger charge is -2.42. The molecule has 0 radical (unpaired) electrons. The maximum Gasteiger partial charge on any atom is 0.194 e. The standard InChI is InChI=1S/C21H33N3O3/c1-2-12-26-19(6-1)15-23-21(22-10-8-18-7-4-13-25-18)24-11-9-20-17(16-24)5-3-14-27-20/h4,7,13,17,19-20H,1-3,5-6,8-12,14-16H2,(H,22,23). The Bertz CT molecular complexity index is 584. The van der Waals surface area contributed by atoms with E-state index in [1.165, 1.54) is 25.7 Å². The highest BCUT2D eigenvalue weighted by Crippen LogP contribution is 2.28. The minimum atomic E-state index is 0.274. The fraction of sp³-hybridized carbons (Fsp3) is 0.762. The van der Waals surface area contributed by atoms with Crippen molar-refractivity contribution in [1.29, 1.82) is 0 Å². The van der Waals surface area contributed by atoms with Crippen LogP contribution in [-0.4, -0.2) is 62.5 Å². The molecular formula is C21H33N3O3. The molecule has 1 aromatic heterocycles. The second-order valence-electron chi connectivity index (χ2n) is 7.96. The quantitative estimate of drug-likeness (QED) is 0.633. The molecule has 27 heavy (non-hydrogen) atoms. The second kappa shape index (κ2) is 9.60. The van der Waals surface area contributed by atoms with Gasteiger partial charge in [-0.3, -0.25) is 4.99 Å². The Hall–Kier alpha value is -1.53. The van der Waals surface area contributed by atoms with Crippen molar-refractivity contribution in [3.8, 4) is 0 Å². The number of furan rings is 1. The van der Waals surface area contributed by atoms with Gasteiger partial charge in [0.05, 0.1) is 25.0 Å². The zero-order valence-electron chi connectivity index (χ0n) is 16.3. The van der Waals surface area contributed by atoms with Crippen LogP contribution in [0.2, 0.25) is 0 Å². The third-order valence-electron chi connectivity index (χ3n) is 5.97. The van der Waals surface area contributed by atoms with E-state index < -0.39 is 0 Å². The predicted molar refractivity (Wildman–Crippen MR) is 105 cm³/mol. The average Bonchev–Trinajstić information content (AvgIpc) is 3.24. The molecule has 3 aliphatic rings. The van der Waals surface area contributed by atoms with Crippen LogP contribution in [0, 0.1) is 5.92 Å². The summed E-state index contributed by atoms with van der Waals surface area (Å²) in [5.41, 5.74) is 0. The number of aliphatic imine (C=N–C) groups is 1. The van der Waals surface area contributed by atoms with Gasteiger partial charge in [0.1, 0.15) is 5.76 Å². The van der Waals surface area contributed by atoms with Crippen LogP contribution in [0.1, 0.15) is 44.3 Å². The normalized spacial score (nSPS) is 29.4. The van der Waals surface area contributed by atoms with Gasteiger partial charge in [-0.15, -0.1) is 0 Å². The van der Waals surface area contributed by atoms with Gasteiger partial charge in [-0.1, -0.05) is 0 Å². The lowest BCUT2D eigenvalue weighted by molar-refractivity contribution is -0.0560. The van der Waals surface area contributed by atoms with Gasteiger partial charge in [-0.05, 0) is 50.7 Å². The lowest BCUT2D eigenvalue weighted by atomic mass is 9.88. The monoisotopic (exact) mass is 375 g/mol. The number of rotatable bonds is 5. The minimum absolute atomic E-state index is 0.274. The summed E-state index contributed by atoms with van der Waals surface area (Å²) >= 11 is 0. The van der Waals surface area contributed by atoms with Gasteiger partial charge in [-0.2, -0.15) is 0 Å². The molecule has 0 saturated carbocycles. The third kappa shape index (κ3) is 5.26. The Morgan fingerprint density at radius 3 is 2.96 bits per heavy atom. The van der Waals surface area contributed by atoms with E-state index in [-0.39, 0.29) is 6.10 Å². The van der Waals surface area contributed by atoms with Crippen LogP contribution in [-0.2, 0) is 15.9 Å². The molecule has 3 atom stereocenters. The first-order valence-electron chi connectivity index (χ1n) is 10.7. The number of nitrogens with zero attached hydrogens (tertiary/aromatic N) is 2. The number of hydrogen-bond acceptors (Lipinski definition) is 4. The fourth-order valence-corrected chi connectivity index (χ4v) is 4.44. The summed E-state index contributed by atoms with van der Waals surface area (Å²) in [7, 11) is 0. The first kappa shape index (κ1) is 18.8. The molecule has 6 heteroatoms. The van der Waals surface area contributed by atoms with E-state index >= 15 is 0 Å². The van der Waals surface area contributed by atoms with Gasteiger partial charge in [0, 0.05) is 45.2 Å². The van der Waals surface area contributed by atoms with Crippen molar-refractivity contribution in [2.45, 2.75) is 57.2 Å². The molecule has 3 unspecified atom stereocenters. The smallest absolute Gasteiger partial charge is 0.194 e. The van der Waals surface area contributed by atoms with Gasteiger partial charge in [0.2, 0.25) is 0 Å². The number of ether oxygens (including phenoxy) is 2. The molecule has 4 rings (SSSR count). The topological polar surface area (TPSA) is 59.2 Å². The SMILES string of the molecule is c1coc(CCNC(=NCC2CCCCO2)N2CCC3OCCCC3C2)c1. The summed E-state index contributed by atoms with van der Waals surface area (Å²) in [5.74, 6) is 2.67. The molecule has 3 fully saturated rings. The van der Waals surface area contributed by atoms with E-state index in [4.69, 9.17) is 18.9 Å². The second-order valence-corrected chi connectivity index (χ2v) is 7.96. The van der Waals surface area contributed by atoms with Crippen LogP contribution < -0.4 is 5.32 Å². The van der Waals surface area contributed by atoms with E-state index in [1.807, 2.05) is 12.1 Å². The van der Waals surface area contributed by atoms with Crippen molar-refractivity contribution in [2.75, 3.05) is 39.4 Å². The fourth-order valence-electron chi connectivity index (χ4n) is 4.44. The summed E-state index contributed by atoms with van der Waals surface area (Å²) in [6.07, 6.45) is 10.4. The number of likely N-dealkylation sites (tertiary alicyclic amines) is 1.